The molecular weight excluding hydrogens is 540 g/mol. The van der Waals surface area contributed by atoms with Gasteiger partial charge in [0.1, 0.15) is 12.4 Å². The zero-order chi connectivity index (χ0) is 31.2. The van der Waals surface area contributed by atoms with E-state index in [9.17, 15) is 34.8 Å². The first-order valence-electron chi connectivity index (χ1n) is 16.4. The van der Waals surface area contributed by atoms with E-state index >= 15 is 0 Å². The molecule has 9 nitrogen and oxygen atoms in total. The molecule has 1 aliphatic carbocycles. The summed E-state index contributed by atoms with van der Waals surface area (Å²) in [6.07, 6.45) is 13.5. The van der Waals surface area contributed by atoms with Crippen LogP contribution < -0.4 is 0 Å². The summed E-state index contributed by atoms with van der Waals surface area (Å²) in [5.74, 6) is -1.74. The first kappa shape index (κ1) is 38.2. The maximum Gasteiger partial charge on any atom is 0.306 e. The topological polar surface area (TPSA) is 151 Å². The molecular formula is C33H58O9. The average Bonchev–Trinajstić information content (AvgIpc) is 3.22. The summed E-state index contributed by atoms with van der Waals surface area (Å²) in [5.41, 5.74) is 0. The molecule has 0 spiro atoms. The highest BCUT2D eigenvalue weighted by molar-refractivity contribution is 5.79. The van der Waals surface area contributed by atoms with Gasteiger partial charge in [-0.3, -0.25) is 14.4 Å². The van der Waals surface area contributed by atoms with E-state index in [0.717, 1.165) is 38.5 Å². The van der Waals surface area contributed by atoms with Gasteiger partial charge in [0.05, 0.1) is 24.9 Å². The average molecular weight is 599 g/mol. The minimum absolute atomic E-state index is 0.0514. The summed E-state index contributed by atoms with van der Waals surface area (Å²) in [6.45, 7) is 3.64. The van der Waals surface area contributed by atoms with Gasteiger partial charge in [-0.2, -0.15) is 0 Å². The number of aliphatic hydroxyl groups is 4. The van der Waals surface area contributed by atoms with E-state index in [4.69, 9.17) is 9.47 Å². The molecule has 1 rings (SSSR count). The Morgan fingerprint density at radius 1 is 0.810 bits per heavy atom. The highest BCUT2D eigenvalue weighted by Gasteiger charge is 2.41. The van der Waals surface area contributed by atoms with Gasteiger partial charge in [-0.25, -0.2) is 0 Å². The monoisotopic (exact) mass is 598 g/mol. The van der Waals surface area contributed by atoms with Gasteiger partial charge < -0.3 is 29.9 Å². The van der Waals surface area contributed by atoms with Crippen molar-refractivity contribution in [3.05, 3.63) is 12.2 Å². The molecule has 1 saturated carbocycles. The van der Waals surface area contributed by atoms with Crippen LogP contribution in [-0.4, -0.2) is 75.8 Å². The number of carbonyl (C=O) groups is 3. The number of unbranched alkanes of at least 4 members (excludes halogenated alkanes) is 9. The number of Topliss-reactive ketones (excluding diaryl/α,β-unsaturated/α-hetero) is 1. The number of hydrogen-bond donors (Lipinski definition) is 4. The van der Waals surface area contributed by atoms with Crippen molar-refractivity contribution in [2.45, 2.75) is 154 Å². The molecule has 244 valence electrons. The van der Waals surface area contributed by atoms with Crippen molar-refractivity contribution < 1.29 is 44.3 Å². The fraction of sp³-hybridized carbons (Fsp3) is 0.848. The molecule has 0 aliphatic heterocycles. The first-order chi connectivity index (χ1) is 20.2. The molecule has 0 heterocycles. The Hall–Kier alpha value is -1.81. The summed E-state index contributed by atoms with van der Waals surface area (Å²) in [7, 11) is 0. The number of hydrogen-bond acceptors (Lipinski definition) is 9. The Morgan fingerprint density at radius 3 is 2.10 bits per heavy atom. The molecule has 42 heavy (non-hydrogen) atoms. The Labute approximate surface area is 253 Å². The molecule has 0 aromatic heterocycles. The molecule has 0 bridgehead atoms. The van der Waals surface area contributed by atoms with Crippen LogP contribution in [-0.2, 0) is 23.9 Å². The van der Waals surface area contributed by atoms with E-state index in [1.54, 1.807) is 12.2 Å². The Bertz CT molecular complexity index is 769. The van der Waals surface area contributed by atoms with E-state index in [-0.39, 0.29) is 50.0 Å². The van der Waals surface area contributed by atoms with Crippen LogP contribution in [0.1, 0.15) is 129 Å². The summed E-state index contributed by atoms with van der Waals surface area (Å²) < 4.78 is 10.4. The van der Waals surface area contributed by atoms with Crippen molar-refractivity contribution in [1.82, 2.24) is 0 Å². The molecule has 9 heteroatoms. The van der Waals surface area contributed by atoms with E-state index in [0.29, 0.717) is 25.7 Å². The molecule has 0 saturated heterocycles. The number of ether oxygens (including phenoxy) is 2. The second-order valence-electron chi connectivity index (χ2n) is 11.9. The van der Waals surface area contributed by atoms with Gasteiger partial charge in [-0.15, -0.1) is 0 Å². The predicted molar refractivity (Wildman–Crippen MR) is 162 cm³/mol. The lowest BCUT2D eigenvalue weighted by atomic mass is 9.87. The molecule has 0 radical (unpaired) electrons. The Balaban J connectivity index is 2.28. The van der Waals surface area contributed by atoms with Crippen LogP contribution in [0, 0.1) is 11.8 Å². The number of rotatable bonds is 25. The fourth-order valence-electron chi connectivity index (χ4n) is 5.43. The van der Waals surface area contributed by atoms with Crippen LogP contribution in [0.25, 0.3) is 0 Å². The SMILES string of the molecule is CCCCCCCCCC(=O)OC[C@H](CO)OC(=O)CCCCC(=O)C[C@@H]1[C@@H](/C=C/[C@@H](O)CCCCC)[C@H](O)C[C@@H]1O. The molecule has 6 atom stereocenters. The summed E-state index contributed by atoms with van der Waals surface area (Å²) in [5, 5.41) is 40.5. The number of esters is 2. The third kappa shape index (κ3) is 17.3. The molecule has 0 aromatic rings. The van der Waals surface area contributed by atoms with Gasteiger partial charge in [-0.05, 0) is 25.7 Å². The Kier molecular flexibility index (Phi) is 21.5. The molecule has 1 aliphatic rings. The number of ketones is 1. The normalized spacial score (nSPS) is 21.9. The molecule has 0 amide bonds. The zero-order valence-corrected chi connectivity index (χ0v) is 26.1. The lowest BCUT2D eigenvalue weighted by Gasteiger charge is -2.20. The zero-order valence-electron chi connectivity index (χ0n) is 26.1. The molecule has 4 N–H and O–H groups in total. The van der Waals surface area contributed by atoms with Crippen molar-refractivity contribution in [2.75, 3.05) is 13.2 Å². The molecule has 1 fully saturated rings. The summed E-state index contributed by atoms with van der Waals surface area (Å²) in [6, 6.07) is 0. The van der Waals surface area contributed by atoms with Crippen LogP contribution in [0.5, 0.6) is 0 Å². The molecule has 0 unspecified atom stereocenters. The van der Waals surface area contributed by atoms with E-state index in [1.807, 2.05) is 0 Å². The van der Waals surface area contributed by atoms with Gasteiger partial charge in [0.15, 0.2) is 6.10 Å². The van der Waals surface area contributed by atoms with E-state index < -0.39 is 42.9 Å². The fourth-order valence-corrected chi connectivity index (χ4v) is 5.43. The first-order valence-corrected chi connectivity index (χ1v) is 16.4. The van der Waals surface area contributed by atoms with E-state index in [2.05, 4.69) is 13.8 Å². The highest BCUT2D eigenvalue weighted by Crippen LogP contribution is 2.36. The third-order valence-corrected chi connectivity index (χ3v) is 8.04. The highest BCUT2D eigenvalue weighted by atomic mass is 16.6. The van der Waals surface area contributed by atoms with Gasteiger partial charge in [-0.1, -0.05) is 83.8 Å². The third-order valence-electron chi connectivity index (χ3n) is 8.04. The van der Waals surface area contributed by atoms with Crippen molar-refractivity contribution in [3.63, 3.8) is 0 Å². The second kappa shape index (κ2) is 23.6. The quantitative estimate of drug-likeness (QED) is 0.0650. The van der Waals surface area contributed by atoms with Crippen LogP contribution in [0.3, 0.4) is 0 Å². The van der Waals surface area contributed by atoms with Crippen LogP contribution >= 0.6 is 0 Å². The number of carbonyl (C=O) groups excluding carboxylic acids is 3. The maximum atomic E-state index is 12.6. The van der Waals surface area contributed by atoms with Crippen molar-refractivity contribution >= 4 is 17.7 Å². The summed E-state index contributed by atoms with van der Waals surface area (Å²) in [4.78, 5) is 36.7. The predicted octanol–water partition coefficient (Wildman–Crippen LogP) is 4.95. The summed E-state index contributed by atoms with van der Waals surface area (Å²) >= 11 is 0. The van der Waals surface area contributed by atoms with Gasteiger partial charge >= 0.3 is 11.9 Å². The van der Waals surface area contributed by atoms with Crippen LogP contribution in [0.15, 0.2) is 12.2 Å². The standard InChI is InChI=1S/C33H58O9/c1-3-5-7-8-9-10-12-17-32(39)41-24-27(23-34)42-33(40)18-14-13-16-26(36)21-29-28(30(37)22-31(29)38)20-19-25(35)15-11-6-4-2/h19-20,25,27-31,34-35,37-38H,3-18,21-24H2,1-2H3/b20-19+/t25-,27-,28+,29+,30+,31-/m0/s1. The second-order valence-corrected chi connectivity index (χ2v) is 11.9. The number of aliphatic hydroxyl groups excluding tert-OH is 4. The van der Waals surface area contributed by atoms with E-state index in [1.165, 1.54) is 25.7 Å². The minimum Gasteiger partial charge on any atom is -0.462 e. The van der Waals surface area contributed by atoms with Crippen molar-refractivity contribution in [2.24, 2.45) is 11.8 Å². The minimum atomic E-state index is -0.914. The van der Waals surface area contributed by atoms with Crippen molar-refractivity contribution in [3.8, 4) is 0 Å². The van der Waals surface area contributed by atoms with Crippen LogP contribution in [0.2, 0.25) is 0 Å². The van der Waals surface area contributed by atoms with Crippen molar-refractivity contribution in [1.29, 1.82) is 0 Å². The van der Waals surface area contributed by atoms with Crippen LogP contribution in [0.4, 0.5) is 0 Å². The van der Waals surface area contributed by atoms with Gasteiger partial charge in [0.25, 0.3) is 0 Å². The molecule has 0 aromatic carbocycles. The lowest BCUT2D eigenvalue weighted by molar-refractivity contribution is -0.161. The maximum absolute atomic E-state index is 12.6. The Morgan fingerprint density at radius 2 is 1.40 bits per heavy atom. The largest absolute Gasteiger partial charge is 0.462 e. The smallest absolute Gasteiger partial charge is 0.306 e. The van der Waals surface area contributed by atoms with Gasteiger partial charge in [0, 0.05) is 43.9 Å². The lowest BCUT2D eigenvalue weighted by Crippen LogP contribution is -2.28. The van der Waals surface area contributed by atoms with Gasteiger partial charge in [0.2, 0.25) is 0 Å².